The van der Waals surface area contributed by atoms with Gasteiger partial charge in [0.05, 0.1) is 0 Å². The minimum Gasteiger partial charge on any atom is -0.345 e. The zero-order valence-electron chi connectivity index (χ0n) is 7.95. The van der Waals surface area contributed by atoms with Gasteiger partial charge in [0.1, 0.15) is 5.82 Å². The van der Waals surface area contributed by atoms with Gasteiger partial charge in [0.15, 0.2) is 0 Å². The highest BCUT2D eigenvalue weighted by Crippen LogP contribution is 2.21. The van der Waals surface area contributed by atoms with E-state index in [0.29, 0.717) is 6.04 Å². The van der Waals surface area contributed by atoms with Gasteiger partial charge in [-0.05, 0) is 20.4 Å². The van der Waals surface area contributed by atoms with E-state index in [1.165, 1.54) is 18.0 Å². The lowest BCUT2D eigenvalue weighted by Crippen LogP contribution is -2.29. The van der Waals surface area contributed by atoms with Crippen LogP contribution in [0.5, 0.6) is 0 Å². The van der Waals surface area contributed by atoms with E-state index in [9.17, 15) is 0 Å². The lowest BCUT2D eigenvalue weighted by atomic mass is 10.3. The van der Waals surface area contributed by atoms with Crippen molar-refractivity contribution in [3.8, 4) is 0 Å². The second-order valence-electron chi connectivity index (χ2n) is 3.34. The first kappa shape index (κ1) is 8.90. The molecule has 0 amide bonds. The Morgan fingerprint density at radius 3 is 3.00 bits per heavy atom. The molecule has 0 aromatic carbocycles. The van der Waals surface area contributed by atoms with Crippen molar-refractivity contribution in [2.45, 2.75) is 19.4 Å². The van der Waals surface area contributed by atoms with Crippen molar-refractivity contribution in [2.75, 3.05) is 25.0 Å². The third-order valence-electron chi connectivity index (χ3n) is 2.38. The Hall–Kier alpha value is -0.680. The number of nitrogens with one attached hydrogen (secondary N) is 1. The zero-order chi connectivity index (χ0) is 9.26. The Balaban J connectivity index is 2.03. The van der Waals surface area contributed by atoms with Gasteiger partial charge >= 0.3 is 0 Å². The van der Waals surface area contributed by atoms with Crippen LogP contribution < -0.4 is 10.2 Å². The largest absolute Gasteiger partial charge is 0.345 e. The molecule has 1 saturated heterocycles. The third kappa shape index (κ3) is 1.81. The number of anilines is 1. The first-order valence-corrected chi connectivity index (χ1v) is 5.29. The highest BCUT2D eigenvalue weighted by molar-refractivity contribution is 7.09. The topological polar surface area (TPSA) is 41.0 Å². The smallest absolute Gasteiger partial charge is 0.205 e. The van der Waals surface area contributed by atoms with E-state index < -0.39 is 0 Å². The Bertz CT molecular complexity index is 285. The van der Waals surface area contributed by atoms with Crippen molar-refractivity contribution in [1.29, 1.82) is 0 Å². The quantitative estimate of drug-likeness (QED) is 0.757. The van der Waals surface area contributed by atoms with E-state index in [2.05, 4.69) is 19.6 Å². The first-order valence-electron chi connectivity index (χ1n) is 4.52. The van der Waals surface area contributed by atoms with Crippen molar-refractivity contribution in [2.24, 2.45) is 0 Å². The summed E-state index contributed by atoms with van der Waals surface area (Å²) in [5, 5.41) is 4.35. The number of rotatable bonds is 2. The van der Waals surface area contributed by atoms with E-state index in [1.54, 1.807) is 0 Å². The van der Waals surface area contributed by atoms with Crippen molar-refractivity contribution in [1.82, 2.24) is 14.7 Å². The summed E-state index contributed by atoms with van der Waals surface area (Å²) in [7, 11) is 2.01. The van der Waals surface area contributed by atoms with Crippen LogP contribution in [0.2, 0.25) is 0 Å². The molecule has 0 spiro atoms. The fourth-order valence-corrected chi connectivity index (χ4v) is 2.29. The molecular weight excluding hydrogens is 184 g/mol. The molecule has 13 heavy (non-hydrogen) atoms. The number of nitrogens with zero attached hydrogens (tertiary/aromatic N) is 3. The molecular formula is C8H14N4S. The van der Waals surface area contributed by atoms with E-state index in [1.807, 2.05) is 14.0 Å². The molecule has 1 N–H and O–H groups in total. The third-order valence-corrected chi connectivity index (χ3v) is 3.25. The Morgan fingerprint density at radius 2 is 2.46 bits per heavy atom. The SMILES string of the molecule is CNC1CCN(c2nc(C)ns2)C1. The molecule has 72 valence electrons. The molecule has 1 fully saturated rings. The van der Waals surface area contributed by atoms with Gasteiger partial charge in [-0.15, -0.1) is 0 Å². The summed E-state index contributed by atoms with van der Waals surface area (Å²) in [6, 6.07) is 0.615. The predicted octanol–water partition coefficient (Wildman–Crippen LogP) is 0.645. The van der Waals surface area contributed by atoms with E-state index >= 15 is 0 Å². The van der Waals surface area contributed by atoms with Crippen molar-refractivity contribution >= 4 is 16.7 Å². The number of aryl methyl sites for hydroxylation is 1. The van der Waals surface area contributed by atoms with E-state index in [-0.39, 0.29) is 0 Å². The van der Waals surface area contributed by atoms with Gasteiger partial charge < -0.3 is 10.2 Å². The highest BCUT2D eigenvalue weighted by Gasteiger charge is 2.23. The van der Waals surface area contributed by atoms with Gasteiger partial charge in [-0.25, -0.2) is 4.98 Å². The number of hydrogen-bond donors (Lipinski definition) is 1. The second-order valence-corrected chi connectivity index (χ2v) is 4.07. The standard InChI is InChI=1S/C8H14N4S/c1-6-10-8(13-11-6)12-4-3-7(5-12)9-2/h7,9H,3-5H2,1-2H3. The average molecular weight is 198 g/mol. The van der Waals surface area contributed by atoms with Crippen molar-refractivity contribution in [3.63, 3.8) is 0 Å². The maximum atomic E-state index is 4.37. The van der Waals surface area contributed by atoms with Crippen LogP contribution in [0.4, 0.5) is 5.13 Å². The molecule has 0 aliphatic carbocycles. The van der Waals surface area contributed by atoms with Crippen molar-refractivity contribution in [3.05, 3.63) is 5.82 Å². The molecule has 0 saturated carbocycles. The predicted molar refractivity (Wildman–Crippen MR) is 54.3 cm³/mol. The van der Waals surface area contributed by atoms with Crippen LogP contribution >= 0.6 is 11.5 Å². The normalized spacial score (nSPS) is 22.6. The van der Waals surface area contributed by atoms with E-state index in [0.717, 1.165) is 24.0 Å². The van der Waals surface area contributed by atoms with Crippen LogP contribution in [0.15, 0.2) is 0 Å². The number of likely N-dealkylation sites (N-methyl/N-ethyl adjacent to an activating group) is 1. The molecule has 4 nitrogen and oxygen atoms in total. The van der Waals surface area contributed by atoms with Crippen LogP contribution in [0.1, 0.15) is 12.2 Å². The first-order chi connectivity index (χ1) is 6.29. The summed E-state index contributed by atoms with van der Waals surface area (Å²) >= 11 is 1.50. The average Bonchev–Trinajstić information content (AvgIpc) is 2.71. The van der Waals surface area contributed by atoms with Gasteiger partial charge in [0, 0.05) is 30.7 Å². The minimum absolute atomic E-state index is 0.615. The molecule has 1 aliphatic rings. The van der Waals surface area contributed by atoms with Gasteiger partial charge in [-0.3, -0.25) is 0 Å². The lowest BCUT2D eigenvalue weighted by Gasteiger charge is -2.13. The van der Waals surface area contributed by atoms with E-state index in [4.69, 9.17) is 0 Å². The van der Waals surface area contributed by atoms with Crippen LogP contribution in [0.25, 0.3) is 0 Å². The molecule has 1 aliphatic heterocycles. The highest BCUT2D eigenvalue weighted by atomic mass is 32.1. The fourth-order valence-electron chi connectivity index (χ4n) is 1.58. The maximum absolute atomic E-state index is 4.37. The number of hydrogen-bond acceptors (Lipinski definition) is 5. The van der Waals surface area contributed by atoms with Gasteiger partial charge in [0.2, 0.25) is 5.13 Å². The molecule has 2 rings (SSSR count). The molecule has 0 bridgehead atoms. The summed E-state index contributed by atoms with van der Waals surface area (Å²) in [5.41, 5.74) is 0. The monoisotopic (exact) mass is 198 g/mol. The molecule has 1 aromatic rings. The Kier molecular flexibility index (Phi) is 2.46. The van der Waals surface area contributed by atoms with Crippen molar-refractivity contribution < 1.29 is 0 Å². The summed E-state index contributed by atoms with van der Waals surface area (Å²) < 4.78 is 4.18. The summed E-state index contributed by atoms with van der Waals surface area (Å²) in [6.45, 7) is 4.09. The Labute approximate surface area is 82.1 Å². The maximum Gasteiger partial charge on any atom is 0.205 e. The van der Waals surface area contributed by atoms with Crippen LogP contribution in [0.3, 0.4) is 0 Å². The van der Waals surface area contributed by atoms with Gasteiger partial charge in [-0.1, -0.05) is 0 Å². The van der Waals surface area contributed by atoms with Crippen LogP contribution in [-0.4, -0.2) is 35.5 Å². The molecule has 1 aromatic heterocycles. The molecule has 1 atom stereocenters. The van der Waals surface area contributed by atoms with Crippen LogP contribution in [0, 0.1) is 6.92 Å². The molecule has 0 radical (unpaired) electrons. The van der Waals surface area contributed by atoms with Gasteiger partial charge in [-0.2, -0.15) is 4.37 Å². The summed E-state index contributed by atoms with van der Waals surface area (Å²) in [6.07, 6.45) is 1.20. The summed E-state index contributed by atoms with van der Waals surface area (Å²) in [5.74, 6) is 0.882. The summed E-state index contributed by atoms with van der Waals surface area (Å²) in [4.78, 5) is 6.66. The van der Waals surface area contributed by atoms with Gasteiger partial charge in [0.25, 0.3) is 0 Å². The molecule has 5 heteroatoms. The second kappa shape index (κ2) is 3.59. The Morgan fingerprint density at radius 1 is 1.62 bits per heavy atom. The minimum atomic E-state index is 0.615. The lowest BCUT2D eigenvalue weighted by molar-refractivity contribution is 0.617. The number of aromatic nitrogens is 2. The molecule has 2 heterocycles. The zero-order valence-corrected chi connectivity index (χ0v) is 8.77. The molecule has 1 unspecified atom stereocenters. The fraction of sp³-hybridized carbons (Fsp3) is 0.750. The van der Waals surface area contributed by atoms with Crippen LogP contribution in [-0.2, 0) is 0 Å².